The fraction of sp³-hybridized carbons (Fsp3) is 0.0714. The molecule has 0 aliphatic carbocycles. The Hall–Kier alpha value is -2.49. The van der Waals surface area contributed by atoms with E-state index in [0.717, 1.165) is 27.7 Å². The number of pyridine rings is 1. The first kappa shape index (κ1) is 10.7. The Morgan fingerprint density at radius 1 is 1.06 bits per heavy atom. The molecule has 4 nitrogen and oxygen atoms in total. The van der Waals surface area contributed by atoms with E-state index in [1.54, 1.807) is 12.3 Å². The number of hydrogen-bond acceptors (Lipinski definition) is 4. The Bertz CT molecular complexity index is 722. The van der Waals surface area contributed by atoms with Gasteiger partial charge >= 0.3 is 0 Å². The summed E-state index contributed by atoms with van der Waals surface area (Å²) >= 11 is 0. The van der Waals surface area contributed by atoms with Gasteiger partial charge in [0.15, 0.2) is 0 Å². The number of anilines is 1. The Balaban J connectivity index is 2.27. The SMILES string of the molecule is Cc1c(-c2cc(N)ncn2)ccc2cccnc12. The van der Waals surface area contributed by atoms with Crippen molar-refractivity contribution in [2.24, 2.45) is 0 Å². The van der Waals surface area contributed by atoms with Crippen LogP contribution in [0.1, 0.15) is 5.56 Å². The molecule has 0 saturated carbocycles. The molecule has 3 rings (SSSR count). The number of benzene rings is 1. The number of nitrogens with zero attached hydrogens (tertiary/aromatic N) is 3. The van der Waals surface area contributed by atoms with E-state index in [0.29, 0.717) is 5.82 Å². The monoisotopic (exact) mass is 236 g/mol. The van der Waals surface area contributed by atoms with Gasteiger partial charge in [-0.15, -0.1) is 0 Å². The number of aryl methyl sites for hydroxylation is 1. The first-order chi connectivity index (χ1) is 8.75. The van der Waals surface area contributed by atoms with Gasteiger partial charge in [0, 0.05) is 23.2 Å². The van der Waals surface area contributed by atoms with Crippen LogP contribution < -0.4 is 5.73 Å². The molecule has 18 heavy (non-hydrogen) atoms. The maximum atomic E-state index is 5.69. The molecule has 0 unspecified atom stereocenters. The van der Waals surface area contributed by atoms with Crippen LogP contribution in [-0.4, -0.2) is 15.0 Å². The van der Waals surface area contributed by atoms with Gasteiger partial charge in [0.1, 0.15) is 12.1 Å². The first-order valence-electron chi connectivity index (χ1n) is 5.68. The van der Waals surface area contributed by atoms with E-state index in [9.17, 15) is 0 Å². The third kappa shape index (κ3) is 1.68. The molecule has 0 spiro atoms. The van der Waals surface area contributed by atoms with Crippen molar-refractivity contribution < 1.29 is 0 Å². The zero-order valence-electron chi connectivity index (χ0n) is 9.96. The predicted octanol–water partition coefficient (Wildman–Crippen LogP) is 2.58. The highest BCUT2D eigenvalue weighted by Gasteiger charge is 2.08. The molecule has 0 aliphatic heterocycles. The van der Waals surface area contributed by atoms with Crippen LogP contribution in [0.25, 0.3) is 22.2 Å². The maximum absolute atomic E-state index is 5.69. The van der Waals surface area contributed by atoms with Crippen LogP contribution in [0, 0.1) is 6.92 Å². The van der Waals surface area contributed by atoms with Crippen molar-refractivity contribution in [3.63, 3.8) is 0 Å². The van der Waals surface area contributed by atoms with Gasteiger partial charge in [0.25, 0.3) is 0 Å². The minimum absolute atomic E-state index is 0.473. The van der Waals surface area contributed by atoms with Crippen molar-refractivity contribution in [3.05, 3.63) is 48.4 Å². The Morgan fingerprint density at radius 3 is 2.78 bits per heavy atom. The highest BCUT2D eigenvalue weighted by molar-refractivity contribution is 5.87. The van der Waals surface area contributed by atoms with E-state index in [4.69, 9.17) is 5.73 Å². The Morgan fingerprint density at radius 2 is 1.94 bits per heavy atom. The number of nitrogen functional groups attached to an aromatic ring is 1. The molecule has 1 aromatic carbocycles. The molecule has 2 N–H and O–H groups in total. The third-order valence-electron chi connectivity index (χ3n) is 2.99. The summed E-state index contributed by atoms with van der Waals surface area (Å²) in [4.78, 5) is 12.6. The quantitative estimate of drug-likeness (QED) is 0.705. The van der Waals surface area contributed by atoms with Crippen LogP contribution in [0.4, 0.5) is 5.82 Å². The lowest BCUT2D eigenvalue weighted by Crippen LogP contribution is -1.94. The van der Waals surface area contributed by atoms with Crippen molar-refractivity contribution in [2.45, 2.75) is 6.92 Å². The zero-order valence-corrected chi connectivity index (χ0v) is 9.96. The summed E-state index contributed by atoms with van der Waals surface area (Å²) in [6.07, 6.45) is 3.28. The fourth-order valence-electron chi connectivity index (χ4n) is 2.09. The number of aromatic nitrogens is 3. The molecule has 0 saturated heterocycles. The number of rotatable bonds is 1. The van der Waals surface area contributed by atoms with Crippen LogP contribution in [0.3, 0.4) is 0 Å². The van der Waals surface area contributed by atoms with Gasteiger partial charge in [-0.25, -0.2) is 9.97 Å². The predicted molar refractivity (Wildman–Crippen MR) is 71.9 cm³/mol. The molecule has 0 amide bonds. The van der Waals surface area contributed by atoms with E-state index >= 15 is 0 Å². The summed E-state index contributed by atoms with van der Waals surface area (Å²) in [5, 5.41) is 1.13. The van der Waals surface area contributed by atoms with Crippen molar-refractivity contribution in [1.29, 1.82) is 0 Å². The largest absolute Gasteiger partial charge is 0.384 e. The fourth-order valence-corrected chi connectivity index (χ4v) is 2.09. The van der Waals surface area contributed by atoms with Gasteiger partial charge in [-0.05, 0) is 18.6 Å². The molecular formula is C14H12N4. The lowest BCUT2D eigenvalue weighted by molar-refractivity contribution is 1.18. The van der Waals surface area contributed by atoms with Gasteiger partial charge in [-0.2, -0.15) is 0 Å². The van der Waals surface area contributed by atoms with Crippen molar-refractivity contribution in [1.82, 2.24) is 15.0 Å². The topological polar surface area (TPSA) is 64.7 Å². The summed E-state index contributed by atoms with van der Waals surface area (Å²) in [6, 6.07) is 9.85. The molecule has 3 aromatic rings. The summed E-state index contributed by atoms with van der Waals surface area (Å²) < 4.78 is 0. The normalized spacial score (nSPS) is 10.7. The van der Waals surface area contributed by atoms with Gasteiger partial charge in [0.2, 0.25) is 0 Å². The second kappa shape index (κ2) is 4.07. The molecular weight excluding hydrogens is 224 g/mol. The first-order valence-corrected chi connectivity index (χ1v) is 5.68. The van der Waals surface area contributed by atoms with E-state index < -0.39 is 0 Å². The summed E-state index contributed by atoms with van der Waals surface area (Å²) in [6.45, 7) is 2.04. The maximum Gasteiger partial charge on any atom is 0.127 e. The molecule has 0 aliphatic rings. The van der Waals surface area contributed by atoms with Gasteiger partial charge < -0.3 is 5.73 Å². The van der Waals surface area contributed by atoms with Crippen molar-refractivity contribution >= 4 is 16.7 Å². The van der Waals surface area contributed by atoms with Gasteiger partial charge in [0.05, 0.1) is 11.2 Å². The van der Waals surface area contributed by atoms with Crippen LogP contribution >= 0.6 is 0 Å². The summed E-state index contributed by atoms with van der Waals surface area (Å²) in [7, 11) is 0. The van der Waals surface area contributed by atoms with Crippen LogP contribution in [0.15, 0.2) is 42.9 Å². The molecule has 0 bridgehead atoms. The Kier molecular flexibility index (Phi) is 2.41. The minimum atomic E-state index is 0.473. The molecule has 4 heteroatoms. The lowest BCUT2D eigenvalue weighted by Gasteiger charge is -2.08. The summed E-state index contributed by atoms with van der Waals surface area (Å²) in [5.41, 5.74) is 9.65. The Labute approximate surface area is 105 Å². The van der Waals surface area contributed by atoms with E-state index in [1.165, 1.54) is 6.33 Å². The van der Waals surface area contributed by atoms with Crippen LogP contribution in [0.5, 0.6) is 0 Å². The molecule has 2 aromatic heterocycles. The molecule has 0 radical (unpaired) electrons. The average molecular weight is 236 g/mol. The van der Waals surface area contributed by atoms with E-state index in [-0.39, 0.29) is 0 Å². The highest BCUT2D eigenvalue weighted by atomic mass is 14.9. The standard InChI is InChI=1S/C14H12N4/c1-9-11(12-7-13(15)18-8-17-12)5-4-10-3-2-6-16-14(9)10/h2-8H,1H3,(H2,15,17,18). The molecule has 2 heterocycles. The lowest BCUT2D eigenvalue weighted by atomic mass is 10.0. The van der Waals surface area contributed by atoms with Crippen molar-refractivity contribution in [2.75, 3.05) is 5.73 Å². The number of nitrogens with two attached hydrogens (primary N) is 1. The zero-order chi connectivity index (χ0) is 12.5. The van der Waals surface area contributed by atoms with Crippen LogP contribution in [0.2, 0.25) is 0 Å². The third-order valence-corrected chi connectivity index (χ3v) is 2.99. The van der Waals surface area contributed by atoms with Gasteiger partial charge in [-0.1, -0.05) is 18.2 Å². The van der Waals surface area contributed by atoms with E-state index in [1.807, 2.05) is 31.2 Å². The van der Waals surface area contributed by atoms with E-state index in [2.05, 4.69) is 15.0 Å². The molecule has 88 valence electrons. The average Bonchev–Trinajstić information content (AvgIpc) is 2.39. The number of fused-ring (bicyclic) bond motifs is 1. The van der Waals surface area contributed by atoms with Gasteiger partial charge in [-0.3, -0.25) is 4.98 Å². The van der Waals surface area contributed by atoms with Crippen LogP contribution in [-0.2, 0) is 0 Å². The second-order valence-corrected chi connectivity index (χ2v) is 4.14. The molecule has 0 fully saturated rings. The molecule has 0 atom stereocenters. The smallest absolute Gasteiger partial charge is 0.127 e. The number of hydrogen-bond donors (Lipinski definition) is 1. The van der Waals surface area contributed by atoms with Crippen molar-refractivity contribution in [3.8, 4) is 11.3 Å². The highest BCUT2D eigenvalue weighted by Crippen LogP contribution is 2.27. The minimum Gasteiger partial charge on any atom is -0.384 e. The summed E-state index contributed by atoms with van der Waals surface area (Å²) in [5.74, 6) is 0.473. The second-order valence-electron chi connectivity index (χ2n) is 4.14.